The zero-order chi connectivity index (χ0) is 37.4. The van der Waals surface area contributed by atoms with Gasteiger partial charge in [0.15, 0.2) is 0 Å². The molecular weight excluding hydrogens is 706 g/mol. The maximum Gasteiger partial charge on any atom is 0.408 e. The number of nitrogens with zero attached hydrogens (tertiary/aromatic N) is 4. The van der Waals surface area contributed by atoms with Crippen LogP contribution in [0.4, 0.5) is 4.79 Å². The fraction of sp³-hybridized carbons (Fsp3) is 0.595. The first-order valence-corrected chi connectivity index (χ1v) is 18.7. The largest absolute Gasteiger partial charge is 0.491 e. The predicted molar refractivity (Wildman–Crippen MR) is 194 cm³/mol. The molecule has 53 heavy (non-hydrogen) atoms. The molecule has 2 aliphatic heterocycles. The van der Waals surface area contributed by atoms with Crippen LogP contribution in [0.5, 0.6) is 23.4 Å². The molecule has 7 atom stereocenters. The molecule has 0 radical (unpaired) electrons. The molecule has 3 aromatic rings. The summed E-state index contributed by atoms with van der Waals surface area (Å²) in [4.78, 5) is 55.4. The van der Waals surface area contributed by atoms with E-state index in [0.29, 0.717) is 66.5 Å². The van der Waals surface area contributed by atoms with Crippen molar-refractivity contribution in [2.45, 2.75) is 71.2 Å². The third-order valence-corrected chi connectivity index (χ3v) is 11.3. The van der Waals surface area contributed by atoms with E-state index < -0.39 is 41.5 Å². The zero-order valence-electron chi connectivity index (χ0n) is 30.5. The van der Waals surface area contributed by atoms with Crippen LogP contribution in [-0.4, -0.2) is 113 Å². The standard InChI is InChI=1S/C37H48ClN7O8/c1-20-24-15-21(16-25(20)24)52-36(48)43-32(37(2,3)4)34(47)45-19-22(17-26(45)33(39)46)51-28-18-29(53-35-40-7-8-41-35)42-31-23(28)5-6-27(30(31)38)50-14-11-44-9-12-49-13-10-44/h5-8,18,20-22,24-26,32H,9-17,19H2,1-4H3,(H2,39,46)(H,40,41)(H,43,48)/t20-,21+,22?,24+,25-,26-,32+/m0/s1. The number of primary amides is 1. The van der Waals surface area contributed by atoms with Crippen LogP contribution >= 0.6 is 11.6 Å². The second-order valence-electron chi connectivity index (χ2n) is 15.5. The summed E-state index contributed by atoms with van der Waals surface area (Å²) in [5, 5.41) is 3.65. The van der Waals surface area contributed by atoms with Gasteiger partial charge in [0.05, 0.1) is 19.8 Å². The van der Waals surface area contributed by atoms with Crippen molar-refractivity contribution in [1.82, 2.24) is 30.1 Å². The molecule has 16 heteroatoms. The second kappa shape index (κ2) is 15.2. The summed E-state index contributed by atoms with van der Waals surface area (Å²) in [5.41, 5.74) is 5.53. The average molecular weight is 754 g/mol. The van der Waals surface area contributed by atoms with E-state index in [1.165, 1.54) is 4.90 Å². The monoisotopic (exact) mass is 753 g/mol. The van der Waals surface area contributed by atoms with Crippen LogP contribution < -0.4 is 25.3 Å². The number of rotatable bonds is 12. The van der Waals surface area contributed by atoms with Crippen LogP contribution in [-0.2, 0) is 19.1 Å². The molecule has 4 N–H and O–H groups in total. The van der Waals surface area contributed by atoms with E-state index in [-0.39, 0.29) is 36.0 Å². The Balaban J connectivity index is 1.09. The molecule has 7 rings (SSSR count). The van der Waals surface area contributed by atoms with Crippen molar-refractivity contribution < 1.29 is 38.1 Å². The van der Waals surface area contributed by atoms with E-state index in [9.17, 15) is 14.4 Å². The third kappa shape index (κ3) is 8.26. The number of hydrogen-bond donors (Lipinski definition) is 3. The minimum absolute atomic E-state index is 0.0360. The molecule has 1 aromatic carbocycles. The maximum absolute atomic E-state index is 14.2. The van der Waals surface area contributed by atoms with Crippen molar-refractivity contribution in [3.63, 3.8) is 0 Å². The number of morpholine rings is 1. The maximum atomic E-state index is 14.2. The number of nitrogens with one attached hydrogen (secondary N) is 2. The summed E-state index contributed by atoms with van der Waals surface area (Å²) in [6.45, 7) is 12.0. The molecule has 3 amide bonds. The number of imidazole rings is 1. The lowest BCUT2D eigenvalue weighted by Gasteiger charge is -2.35. The number of pyridine rings is 1. The number of hydrogen-bond acceptors (Lipinski definition) is 11. The zero-order valence-corrected chi connectivity index (χ0v) is 31.3. The Kier molecular flexibility index (Phi) is 10.6. The van der Waals surface area contributed by atoms with Crippen LogP contribution in [0.15, 0.2) is 30.6 Å². The van der Waals surface area contributed by atoms with Gasteiger partial charge in [-0.2, -0.15) is 0 Å². The highest BCUT2D eigenvalue weighted by Gasteiger charge is 2.54. The van der Waals surface area contributed by atoms with E-state index >= 15 is 0 Å². The number of H-pyrrole nitrogens is 1. The number of likely N-dealkylation sites (tertiary alicyclic amines) is 1. The molecule has 286 valence electrons. The number of nitrogens with two attached hydrogens (primary N) is 1. The Morgan fingerprint density at radius 3 is 2.55 bits per heavy atom. The Morgan fingerprint density at radius 2 is 1.87 bits per heavy atom. The fourth-order valence-corrected chi connectivity index (χ4v) is 8.13. The van der Waals surface area contributed by atoms with Gasteiger partial charge in [0, 0.05) is 49.9 Å². The Morgan fingerprint density at radius 1 is 1.11 bits per heavy atom. The highest BCUT2D eigenvalue weighted by molar-refractivity contribution is 6.36. The van der Waals surface area contributed by atoms with E-state index in [1.54, 1.807) is 30.6 Å². The smallest absolute Gasteiger partial charge is 0.408 e. The number of fused-ring (bicyclic) bond motifs is 2. The van der Waals surface area contributed by atoms with Gasteiger partial charge in [0.2, 0.25) is 17.7 Å². The molecule has 4 aliphatic rings. The average Bonchev–Trinajstić information content (AvgIpc) is 3.64. The van der Waals surface area contributed by atoms with Gasteiger partial charge in [-0.1, -0.05) is 39.3 Å². The third-order valence-electron chi connectivity index (χ3n) is 10.9. The molecule has 2 saturated carbocycles. The molecule has 2 aliphatic carbocycles. The van der Waals surface area contributed by atoms with Crippen molar-refractivity contribution in [2.24, 2.45) is 28.9 Å². The predicted octanol–water partition coefficient (Wildman–Crippen LogP) is 4.13. The van der Waals surface area contributed by atoms with Gasteiger partial charge in [-0.25, -0.2) is 14.8 Å². The number of carbonyl (C=O) groups excluding carboxylic acids is 3. The van der Waals surface area contributed by atoms with Crippen molar-refractivity contribution in [1.29, 1.82) is 0 Å². The lowest BCUT2D eigenvalue weighted by atomic mass is 9.85. The molecule has 1 unspecified atom stereocenters. The summed E-state index contributed by atoms with van der Waals surface area (Å²) >= 11 is 6.91. The number of alkyl carbamates (subject to hydrolysis) is 1. The van der Waals surface area contributed by atoms with Crippen molar-refractivity contribution in [3.05, 3.63) is 35.6 Å². The first-order chi connectivity index (χ1) is 25.4. The van der Waals surface area contributed by atoms with Gasteiger partial charge in [0.25, 0.3) is 6.01 Å². The Labute approximate surface area is 313 Å². The first-order valence-electron chi connectivity index (χ1n) is 18.3. The molecule has 4 fully saturated rings. The van der Waals surface area contributed by atoms with Gasteiger partial charge >= 0.3 is 6.09 Å². The summed E-state index contributed by atoms with van der Waals surface area (Å²) in [7, 11) is 0. The lowest BCUT2D eigenvalue weighted by molar-refractivity contribution is -0.141. The minimum Gasteiger partial charge on any atom is -0.491 e. The number of benzene rings is 1. The Bertz CT molecular complexity index is 1800. The van der Waals surface area contributed by atoms with E-state index in [4.69, 9.17) is 41.0 Å². The van der Waals surface area contributed by atoms with Gasteiger partial charge in [-0.15, -0.1) is 0 Å². The first kappa shape index (κ1) is 37.0. The number of halogens is 1. The van der Waals surface area contributed by atoms with Crippen molar-refractivity contribution in [2.75, 3.05) is 46.0 Å². The minimum atomic E-state index is -0.985. The Hall–Kier alpha value is -4.34. The van der Waals surface area contributed by atoms with Crippen molar-refractivity contribution in [3.8, 4) is 23.4 Å². The number of ether oxygens (including phenoxy) is 5. The quantitative estimate of drug-likeness (QED) is 0.242. The van der Waals surface area contributed by atoms with Crippen LogP contribution in [0.1, 0.15) is 47.0 Å². The van der Waals surface area contributed by atoms with Crippen molar-refractivity contribution >= 4 is 40.4 Å². The number of aromatic nitrogens is 3. The highest BCUT2D eigenvalue weighted by atomic mass is 35.5. The summed E-state index contributed by atoms with van der Waals surface area (Å²) < 4.78 is 29.7. The SMILES string of the molecule is C[C@H]1[C@H]2C[C@@H](OC(=O)N[C@H](C(=O)N3CC(Oc4cc(Oc5ncc[nH]5)nc5c(Cl)c(OCCN6CCOCC6)ccc45)C[C@H]3C(N)=O)C(C)(C)C)C[C@@H]12. The molecule has 15 nitrogen and oxygen atoms in total. The van der Waals surface area contributed by atoms with E-state index in [0.717, 1.165) is 25.9 Å². The van der Waals surface area contributed by atoms with Gasteiger partial charge in [-0.3, -0.25) is 14.5 Å². The lowest BCUT2D eigenvalue weighted by Crippen LogP contribution is -2.57. The van der Waals surface area contributed by atoms with Gasteiger partial charge < -0.3 is 44.6 Å². The highest BCUT2D eigenvalue weighted by Crippen LogP contribution is 2.57. The van der Waals surface area contributed by atoms with E-state index in [2.05, 4.69) is 32.1 Å². The second-order valence-corrected chi connectivity index (χ2v) is 15.9. The normalized spacial score (nSPS) is 26.2. The van der Waals surface area contributed by atoms with Crippen LogP contribution in [0.2, 0.25) is 5.02 Å². The van der Waals surface area contributed by atoms with E-state index in [1.807, 2.05) is 20.8 Å². The summed E-state index contributed by atoms with van der Waals surface area (Å²) in [5.74, 6) is 1.72. The topological polar surface area (TPSA) is 183 Å². The van der Waals surface area contributed by atoms with Crippen LogP contribution in [0.25, 0.3) is 10.9 Å². The fourth-order valence-electron chi connectivity index (χ4n) is 7.87. The number of amides is 3. The molecule has 0 spiro atoms. The number of carbonyl (C=O) groups is 3. The molecule has 2 aromatic heterocycles. The molecule has 2 saturated heterocycles. The number of aromatic amines is 1. The molecular formula is C37H48ClN7O8. The molecule has 0 bridgehead atoms. The van der Waals surface area contributed by atoms with Crippen LogP contribution in [0, 0.1) is 23.2 Å². The van der Waals surface area contributed by atoms with Gasteiger partial charge in [-0.05, 0) is 48.1 Å². The molecule has 4 heterocycles. The van der Waals surface area contributed by atoms with Gasteiger partial charge in [0.1, 0.15) is 52.9 Å². The summed E-state index contributed by atoms with van der Waals surface area (Å²) in [6.07, 6.45) is 3.51. The van der Waals surface area contributed by atoms with Crippen LogP contribution in [0.3, 0.4) is 0 Å². The summed E-state index contributed by atoms with van der Waals surface area (Å²) in [6, 6.07) is 3.42.